The maximum Gasteiger partial charge on any atom is 0.221 e. The first kappa shape index (κ1) is 13.6. The van der Waals surface area contributed by atoms with Crippen molar-refractivity contribution in [1.82, 2.24) is 25.4 Å². The largest absolute Gasteiger partial charge is 0.354 e. The van der Waals surface area contributed by atoms with Crippen LogP contribution in [-0.4, -0.2) is 33.3 Å². The fourth-order valence-electron chi connectivity index (χ4n) is 1.33. The molecule has 2 N–H and O–H groups in total. The summed E-state index contributed by atoms with van der Waals surface area (Å²) in [5.41, 5.74) is 0. The lowest BCUT2D eigenvalue weighted by atomic mass is 10.2. The second-order valence-corrected chi connectivity index (χ2v) is 4.10. The Morgan fingerprint density at radius 2 is 2.35 bits per heavy atom. The van der Waals surface area contributed by atoms with Gasteiger partial charge in [-0.3, -0.25) is 9.48 Å². The van der Waals surface area contributed by atoms with Gasteiger partial charge in [-0.05, 0) is 13.3 Å². The number of hydrogen-bond acceptors (Lipinski definition) is 4. The lowest BCUT2D eigenvalue weighted by molar-refractivity contribution is -0.121. The van der Waals surface area contributed by atoms with Gasteiger partial charge < -0.3 is 10.6 Å². The molecule has 6 heteroatoms. The van der Waals surface area contributed by atoms with Gasteiger partial charge in [0.1, 0.15) is 12.2 Å². The van der Waals surface area contributed by atoms with Gasteiger partial charge in [-0.2, -0.15) is 5.10 Å². The van der Waals surface area contributed by atoms with Crippen LogP contribution in [-0.2, 0) is 18.4 Å². The lowest BCUT2D eigenvalue weighted by Crippen LogP contribution is -2.34. The van der Waals surface area contributed by atoms with E-state index in [1.807, 2.05) is 14.0 Å². The summed E-state index contributed by atoms with van der Waals surface area (Å²) >= 11 is 0. The zero-order valence-corrected chi connectivity index (χ0v) is 10.7. The first-order valence-corrected chi connectivity index (χ1v) is 5.96. The molecule has 1 aromatic rings. The average molecular weight is 239 g/mol. The monoisotopic (exact) mass is 239 g/mol. The summed E-state index contributed by atoms with van der Waals surface area (Å²) in [5, 5.41) is 10.1. The SMILES string of the molecule is CCC(C)NC(=O)CCNCc1ncnn1C. The number of aromatic nitrogens is 3. The van der Waals surface area contributed by atoms with E-state index < -0.39 is 0 Å². The van der Waals surface area contributed by atoms with E-state index in [2.05, 4.69) is 27.6 Å². The van der Waals surface area contributed by atoms with Gasteiger partial charge >= 0.3 is 0 Å². The van der Waals surface area contributed by atoms with Crippen LogP contribution in [0.2, 0.25) is 0 Å². The Kier molecular flexibility index (Phi) is 5.62. The second kappa shape index (κ2) is 7.01. The number of nitrogens with one attached hydrogen (secondary N) is 2. The number of aryl methyl sites for hydroxylation is 1. The minimum atomic E-state index is 0.0878. The van der Waals surface area contributed by atoms with Crippen LogP contribution in [0.5, 0.6) is 0 Å². The van der Waals surface area contributed by atoms with E-state index in [1.165, 1.54) is 6.33 Å². The van der Waals surface area contributed by atoms with Crippen LogP contribution < -0.4 is 10.6 Å². The van der Waals surface area contributed by atoms with Crippen molar-refractivity contribution in [2.24, 2.45) is 7.05 Å². The van der Waals surface area contributed by atoms with E-state index in [0.29, 0.717) is 19.5 Å². The van der Waals surface area contributed by atoms with E-state index in [-0.39, 0.29) is 11.9 Å². The maximum absolute atomic E-state index is 11.5. The van der Waals surface area contributed by atoms with Crippen LogP contribution in [0.3, 0.4) is 0 Å². The number of amides is 1. The van der Waals surface area contributed by atoms with Crippen molar-refractivity contribution < 1.29 is 4.79 Å². The molecule has 1 aromatic heterocycles. The molecule has 0 aliphatic heterocycles. The Morgan fingerprint density at radius 1 is 1.59 bits per heavy atom. The van der Waals surface area contributed by atoms with Crippen molar-refractivity contribution >= 4 is 5.91 Å². The Balaban J connectivity index is 2.12. The summed E-state index contributed by atoms with van der Waals surface area (Å²) in [7, 11) is 1.85. The molecule has 17 heavy (non-hydrogen) atoms. The zero-order chi connectivity index (χ0) is 12.7. The summed E-state index contributed by atoms with van der Waals surface area (Å²) in [4.78, 5) is 15.5. The van der Waals surface area contributed by atoms with Gasteiger partial charge in [-0.25, -0.2) is 4.98 Å². The third kappa shape index (κ3) is 4.95. The Labute approximate surface area is 102 Å². The van der Waals surface area contributed by atoms with E-state index >= 15 is 0 Å². The molecule has 0 fully saturated rings. The fourth-order valence-corrected chi connectivity index (χ4v) is 1.33. The standard InChI is InChI=1S/C11H21N5O/c1-4-9(2)15-11(17)5-6-12-7-10-13-8-14-16(10)3/h8-9,12H,4-7H2,1-3H3,(H,15,17). The first-order chi connectivity index (χ1) is 8.13. The number of nitrogens with zero attached hydrogens (tertiary/aromatic N) is 3. The molecule has 0 bridgehead atoms. The number of carbonyl (C=O) groups is 1. The molecular weight excluding hydrogens is 218 g/mol. The molecule has 6 nitrogen and oxygen atoms in total. The van der Waals surface area contributed by atoms with Gasteiger partial charge in [-0.1, -0.05) is 6.92 Å². The van der Waals surface area contributed by atoms with Gasteiger partial charge in [0, 0.05) is 26.1 Å². The van der Waals surface area contributed by atoms with Crippen LogP contribution in [0.4, 0.5) is 0 Å². The van der Waals surface area contributed by atoms with Crippen molar-refractivity contribution in [3.8, 4) is 0 Å². The topological polar surface area (TPSA) is 71.8 Å². The highest BCUT2D eigenvalue weighted by Crippen LogP contribution is 1.91. The van der Waals surface area contributed by atoms with Gasteiger partial charge in [0.05, 0.1) is 6.54 Å². The molecule has 1 rings (SSSR count). The third-order valence-corrected chi connectivity index (χ3v) is 2.64. The van der Waals surface area contributed by atoms with Crippen LogP contribution in [0.25, 0.3) is 0 Å². The molecule has 1 unspecified atom stereocenters. The third-order valence-electron chi connectivity index (χ3n) is 2.64. The highest BCUT2D eigenvalue weighted by Gasteiger charge is 2.05. The lowest BCUT2D eigenvalue weighted by Gasteiger charge is -2.11. The molecule has 1 atom stereocenters. The van der Waals surface area contributed by atoms with E-state index in [4.69, 9.17) is 0 Å². The van der Waals surface area contributed by atoms with E-state index in [0.717, 1.165) is 12.2 Å². The maximum atomic E-state index is 11.5. The molecule has 0 saturated heterocycles. The highest BCUT2D eigenvalue weighted by atomic mass is 16.1. The molecule has 0 aliphatic rings. The number of hydrogen-bond donors (Lipinski definition) is 2. The molecule has 0 aliphatic carbocycles. The molecule has 0 spiro atoms. The van der Waals surface area contributed by atoms with Crippen molar-refractivity contribution in [3.05, 3.63) is 12.2 Å². The molecule has 1 heterocycles. The van der Waals surface area contributed by atoms with Crippen LogP contribution >= 0.6 is 0 Å². The molecule has 0 aromatic carbocycles. The predicted octanol–water partition coefficient (Wildman–Crippen LogP) is 0.210. The van der Waals surface area contributed by atoms with Crippen LogP contribution in [0.15, 0.2) is 6.33 Å². The summed E-state index contributed by atoms with van der Waals surface area (Å²) in [6, 6.07) is 0.251. The number of rotatable bonds is 7. The van der Waals surface area contributed by atoms with Crippen molar-refractivity contribution in [1.29, 1.82) is 0 Å². The molecular formula is C11H21N5O. The van der Waals surface area contributed by atoms with Gasteiger partial charge in [-0.15, -0.1) is 0 Å². The minimum Gasteiger partial charge on any atom is -0.354 e. The number of carbonyl (C=O) groups excluding carboxylic acids is 1. The predicted molar refractivity (Wildman–Crippen MR) is 65.2 cm³/mol. The van der Waals surface area contributed by atoms with Crippen LogP contribution in [0.1, 0.15) is 32.5 Å². The van der Waals surface area contributed by atoms with Gasteiger partial charge in [0.25, 0.3) is 0 Å². The quantitative estimate of drug-likeness (QED) is 0.667. The Hall–Kier alpha value is -1.43. The first-order valence-electron chi connectivity index (χ1n) is 5.96. The van der Waals surface area contributed by atoms with Crippen molar-refractivity contribution in [3.63, 3.8) is 0 Å². The van der Waals surface area contributed by atoms with Gasteiger partial charge in [0.15, 0.2) is 0 Å². The molecule has 0 saturated carbocycles. The summed E-state index contributed by atoms with van der Waals surface area (Å²) in [5.74, 6) is 0.956. The Bertz CT molecular complexity index is 349. The smallest absolute Gasteiger partial charge is 0.221 e. The normalized spacial score (nSPS) is 12.4. The fraction of sp³-hybridized carbons (Fsp3) is 0.727. The molecule has 1 amide bonds. The van der Waals surface area contributed by atoms with E-state index in [9.17, 15) is 4.79 Å². The van der Waals surface area contributed by atoms with Crippen LogP contribution in [0, 0.1) is 0 Å². The van der Waals surface area contributed by atoms with Crippen molar-refractivity contribution in [2.75, 3.05) is 6.54 Å². The summed E-state index contributed by atoms with van der Waals surface area (Å²) in [6.07, 6.45) is 2.97. The second-order valence-electron chi connectivity index (χ2n) is 4.10. The Morgan fingerprint density at radius 3 is 2.94 bits per heavy atom. The zero-order valence-electron chi connectivity index (χ0n) is 10.7. The molecule has 0 radical (unpaired) electrons. The van der Waals surface area contributed by atoms with Crippen molar-refractivity contribution in [2.45, 2.75) is 39.3 Å². The molecule has 96 valence electrons. The average Bonchev–Trinajstić information content (AvgIpc) is 2.70. The summed E-state index contributed by atoms with van der Waals surface area (Å²) in [6.45, 7) is 5.34. The summed E-state index contributed by atoms with van der Waals surface area (Å²) < 4.78 is 1.71. The highest BCUT2D eigenvalue weighted by molar-refractivity contribution is 5.76. The minimum absolute atomic E-state index is 0.0878. The van der Waals surface area contributed by atoms with Gasteiger partial charge in [0.2, 0.25) is 5.91 Å². The van der Waals surface area contributed by atoms with E-state index in [1.54, 1.807) is 4.68 Å².